The van der Waals surface area contributed by atoms with Gasteiger partial charge in [-0.2, -0.15) is 0 Å². The summed E-state index contributed by atoms with van der Waals surface area (Å²) in [5.41, 5.74) is 2.54. The number of carbonyl (C=O) groups is 1. The number of hydrogen-bond acceptors (Lipinski definition) is 2. The van der Waals surface area contributed by atoms with Crippen LogP contribution in [-0.4, -0.2) is 15.3 Å². The van der Waals surface area contributed by atoms with E-state index in [1.807, 2.05) is 55.5 Å². The number of hydrogen-bond donors (Lipinski definition) is 0. The molecule has 0 saturated carbocycles. The van der Waals surface area contributed by atoms with E-state index >= 15 is 0 Å². The van der Waals surface area contributed by atoms with Crippen LogP contribution in [0.4, 0.5) is 0 Å². The summed E-state index contributed by atoms with van der Waals surface area (Å²) < 4.78 is 2.84. The lowest BCUT2D eigenvalue weighted by atomic mass is 10.1. The van der Waals surface area contributed by atoms with E-state index in [9.17, 15) is 9.59 Å². The van der Waals surface area contributed by atoms with E-state index in [1.165, 1.54) is 15.4 Å². The fourth-order valence-electron chi connectivity index (χ4n) is 2.55. The number of aromatic nitrogens is 2. The molecule has 0 amide bonds. The SMILES string of the molecule is Cc1ccccc1C(=O)n1c(C)cc(=O)n1-c1ccccc1. The molecule has 0 aliphatic rings. The maximum Gasteiger partial charge on any atom is 0.277 e. The van der Waals surface area contributed by atoms with Crippen LogP contribution in [0.3, 0.4) is 0 Å². The van der Waals surface area contributed by atoms with Crippen molar-refractivity contribution < 1.29 is 4.79 Å². The third-order valence-electron chi connectivity index (χ3n) is 3.64. The number of nitrogens with zero attached hydrogens (tertiary/aromatic N) is 2. The number of rotatable bonds is 2. The zero-order valence-electron chi connectivity index (χ0n) is 12.5. The second-order valence-corrected chi connectivity index (χ2v) is 5.20. The summed E-state index contributed by atoms with van der Waals surface area (Å²) in [6.07, 6.45) is 0. The topological polar surface area (TPSA) is 44.0 Å². The first-order chi connectivity index (χ1) is 10.6. The number of para-hydroxylation sites is 1. The summed E-state index contributed by atoms with van der Waals surface area (Å²) in [6, 6.07) is 18.0. The Labute approximate surface area is 128 Å². The van der Waals surface area contributed by atoms with Gasteiger partial charge in [-0.3, -0.25) is 9.59 Å². The van der Waals surface area contributed by atoms with Gasteiger partial charge in [0.25, 0.3) is 11.5 Å². The monoisotopic (exact) mass is 292 g/mol. The van der Waals surface area contributed by atoms with Crippen LogP contribution in [0, 0.1) is 13.8 Å². The van der Waals surface area contributed by atoms with Crippen LogP contribution in [0.5, 0.6) is 0 Å². The average molecular weight is 292 g/mol. The van der Waals surface area contributed by atoms with Crippen molar-refractivity contribution in [2.75, 3.05) is 0 Å². The summed E-state index contributed by atoms with van der Waals surface area (Å²) >= 11 is 0. The highest BCUT2D eigenvalue weighted by Crippen LogP contribution is 2.13. The van der Waals surface area contributed by atoms with Crippen molar-refractivity contribution >= 4 is 5.91 Å². The molecule has 3 rings (SSSR count). The molecule has 110 valence electrons. The van der Waals surface area contributed by atoms with Crippen LogP contribution in [0.15, 0.2) is 65.5 Å². The van der Waals surface area contributed by atoms with Crippen LogP contribution in [0.1, 0.15) is 21.6 Å². The van der Waals surface area contributed by atoms with Gasteiger partial charge in [0.2, 0.25) is 0 Å². The van der Waals surface area contributed by atoms with Gasteiger partial charge in [-0.05, 0) is 37.6 Å². The Balaban J connectivity index is 2.23. The maximum atomic E-state index is 12.9. The van der Waals surface area contributed by atoms with Crippen LogP contribution in [0.25, 0.3) is 5.69 Å². The Kier molecular flexibility index (Phi) is 3.51. The molecular weight excluding hydrogens is 276 g/mol. The van der Waals surface area contributed by atoms with Gasteiger partial charge >= 0.3 is 0 Å². The first-order valence-corrected chi connectivity index (χ1v) is 7.07. The van der Waals surface area contributed by atoms with Gasteiger partial charge in [0.15, 0.2) is 0 Å². The number of carbonyl (C=O) groups excluding carboxylic acids is 1. The van der Waals surface area contributed by atoms with Gasteiger partial charge < -0.3 is 0 Å². The molecule has 2 aromatic carbocycles. The lowest BCUT2D eigenvalue weighted by molar-refractivity contribution is 0.0932. The highest BCUT2D eigenvalue weighted by molar-refractivity contribution is 5.97. The number of aryl methyl sites for hydroxylation is 2. The molecule has 3 aromatic rings. The first-order valence-electron chi connectivity index (χ1n) is 7.07. The molecule has 1 aromatic heterocycles. The Bertz CT molecular complexity index is 889. The van der Waals surface area contributed by atoms with Crippen molar-refractivity contribution in [2.24, 2.45) is 0 Å². The van der Waals surface area contributed by atoms with Gasteiger partial charge in [0.05, 0.1) is 5.69 Å². The molecule has 4 heteroatoms. The zero-order valence-corrected chi connectivity index (χ0v) is 12.5. The zero-order chi connectivity index (χ0) is 15.7. The third-order valence-corrected chi connectivity index (χ3v) is 3.64. The summed E-state index contributed by atoms with van der Waals surface area (Å²) in [7, 11) is 0. The van der Waals surface area contributed by atoms with E-state index < -0.39 is 0 Å². The standard InChI is InChI=1S/C18H16N2O2/c1-13-8-6-7-11-16(13)18(22)19-14(2)12-17(21)20(19)15-9-4-3-5-10-15/h3-12H,1-2H3. The molecule has 22 heavy (non-hydrogen) atoms. The van der Waals surface area contributed by atoms with E-state index in [1.54, 1.807) is 13.0 Å². The van der Waals surface area contributed by atoms with Crippen molar-refractivity contribution in [1.82, 2.24) is 9.36 Å². The summed E-state index contributed by atoms with van der Waals surface area (Å²) in [5.74, 6) is -0.207. The molecule has 0 N–H and O–H groups in total. The average Bonchev–Trinajstić information content (AvgIpc) is 2.82. The molecule has 4 nitrogen and oxygen atoms in total. The van der Waals surface area contributed by atoms with E-state index in [0.717, 1.165) is 5.56 Å². The van der Waals surface area contributed by atoms with Crippen LogP contribution >= 0.6 is 0 Å². The molecule has 0 atom stereocenters. The van der Waals surface area contributed by atoms with Gasteiger partial charge in [-0.25, -0.2) is 9.36 Å². The van der Waals surface area contributed by atoms with E-state index in [0.29, 0.717) is 16.9 Å². The smallest absolute Gasteiger partial charge is 0.267 e. The summed E-state index contributed by atoms with van der Waals surface area (Å²) in [6.45, 7) is 3.65. The van der Waals surface area contributed by atoms with Crippen molar-refractivity contribution in [1.29, 1.82) is 0 Å². The van der Waals surface area contributed by atoms with Crippen LogP contribution in [-0.2, 0) is 0 Å². The molecule has 0 unspecified atom stereocenters. The molecule has 0 saturated heterocycles. The van der Waals surface area contributed by atoms with Gasteiger partial charge in [-0.15, -0.1) is 0 Å². The predicted octanol–water partition coefficient (Wildman–Crippen LogP) is 2.94. The Morgan fingerprint density at radius 1 is 0.909 bits per heavy atom. The molecular formula is C18H16N2O2. The van der Waals surface area contributed by atoms with Gasteiger partial charge in [-0.1, -0.05) is 36.4 Å². The minimum atomic E-state index is -0.217. The molecule has 0 aliphatic carbocycles. The molecule has 0 fully saturated rings. The summed E-state index contributed by atoms with van der Waals surface area (Å²) in [5, 5.41) is 0. The minimum Gasteiger partial charge on any atom is -0.267 e. The Morgan fingerprint density at radius 2 is 1.55 bits per heavy atom. The lowest BCUT2D eigenvalue weighted by Gasteiger charge is -2.13. The van der Waals surface area contributed by atoms with Gasteiger partial charge in [0, 0.05) is 17.3 Å². The van der Waals surface area contributed by atoms with Crippen molar-refractivity contribution in [3.63, 3.8) is 0 Å². The molecule has 0 bridgehead atoms. The van der Waals surface area contributed by atoms with Crippen molar-refractivity contribution in [2.45, 2.75) is 13.8 Å². The van der Waals surface area contributed by atoms with Crippen LogP contribution < -0.4 is 5.56 Å². The lowest BCUT2D eigenvalue weighted by Crippen LogP contribution is -2.27. The van der Waals surface area contributed by atoms with E-state index in [2.05, 4.69) is 0 Å². The molecule has 0 spiro atoms. The van der Waals surface area contributed by atoms with Crippen molar-refractivity contribution in [3.05, 3.63) is 87.8 Å². The largest absolute Gasteiger partial charge is 0.277 e. The first kappa shape index (κ1) is 14.1. The minimum absolute atomic E-state index is 0.207. The van der Waals surface area contributed by atoms with E-state index in [4.69, 9.17) is 0 Å². The normalized spacial score (nSPS) is 10.6. The fraction of sp³-hybridized carbons (Fsp3) is 0.111. The highest BCUT2D eigenvalue weighted by atomic mass is 16.2. The van der Waals surface area contributed by atoms with Crippen molar-refractivity contribution in [3.8, 4) is 5.69 Å². The van der Waals surface area contributed by atoms with Crippen LogP contribution in [0.2, 0.25) is 0 Å². The Hall–Kier alpha value is -2.88. The third kappa shape index (κ3) is 2.29. The quantitative estimate of drug-likeness (QED) is 0.729. The number of benzene rings is 2. The molecule has 0 radical (unpaired) electrons. The fourth-order valence-corrected chi connectivity index (χ4v) is 2.55. The Morgan fingerprint density at radius 3 is 2.23 bits per heavy atom. The van der Waals surface area contributed by atoms with Gasteiger partial charge in [0.1, 0.15) is 0 Å². The maximum absolute atomic E-state index is 12.9. The molecule has 1 heterocycles. The predicted molar refractivity (Wildman–Crippen MR) is 85.7 cm³/mol. The molecule has 0 aliphatic heterocycles. The second kappa shape index (κ2) is 5.48. The second-order valence-electron chi connectivity index (χ2n) is 5.20. The van der Waals surface area contributed by atoms with E-state index in [-0.39, 0.29) is 11.5 Å². The summed E-state index contributed by atoms with van der Waals surface area (Å²) in [4.78, 5) is 25.2. The highest BCUT2D eigenvalue weighted by Gasteiger charge is 2.18.